The van der Waals surface area contributed by atoms with Gasteiger partial charge in [0.2, 0.25) is 5.03 Å². The number of hydrogen-bond acceptors (Lipinski definition) is 7. The second kappa shape index (κ2) is 5.26. The Balaban J connectivity index is 2.12. The maximum Gasteiger partial charge on any atom is 0.281 e. The second-order valence-electron chi connectivity index (χ2n) is 3.93. The molecule has 0 saturated heterocycles. The molecule has 0 saturated carbocycles. The van der Waals surface area contributed by atoms with Crippen LogP contribution in [0.2, 0.25) is 0 Å². The largest absolute Gasteiger partial charge is 0.306 e. The molecule has 3 rings (SSSR count). The van der Waals surface area contributed by atoms with E-state index >= 15 is 0 Å². The Bertz CT molecular complexity index is 903. The lowest BCUT2D eigenvalue weighted by Crippen LogP contribution is -2.19. The zero-order valence-electron chi connectivity index (χ0n) is 10.3. The normalized spacial score (nSPS) is 11.7. The van der Waals surface area contributed by atoms with Gasteiger partial charge in [-0.2, -0.15) is 13.4 Å². The van der Waals surface area contributed by atoms with Gasteiger partial charge < -0.3 is 5.43 Å². The summed E-state index contributed by atoms with van der Waals surface area (Å²) < 4.78 is 29.7. The highest BCUT2D eigenvalue weighted by Crippen LogP contribution is 2.28. The molecular weight excluding hydrogens is 380 g/mol. The van der Waals surface area contributed by atoms with Crippen molar-refractivity contribution in [2.24, 2.45) is 5.84 Å². The minimum atomic E-state index is -3.87. The van der Waals surface area contributed by atoms with Crippen molar-refractivity contribution in [3.63, 3.8) is 0 Å². The molecule has 0 bridgehead atoms. The number of anilines is 2. The summed E-state index contributed by atoms with van der Waals surface area (Å²) in [5, 5.41) is 1.69. The molecule has 3 heterocycles. The van der Waals surface area contributed by atoms with Crippen LogP contribution < -0.4 is 16.0 Å². The van der Waals surface area contributed by atoms with Crippen molar-refractivity contribution in [2.75, 3.05) is 10.1 Å². The highest BCUT2D eigenvalue weighted by atomic mass is 79.9. The maximum atomic E-state index is 12.6. The standard InChI is InChI=1S/C10H9BrN6O2S2/c11-6-5-13-2-1-7(6)16-21(18,19)9-8(15-12)14-10-17(9)3-4-20-10/h1-5,15H,12H2,(H,13,16). The van der Waals surface area contributed by atoms with Gasteiger partial charge in [0.1, 0.15) is 0 Å². The van der Waals surface area contributed by atoms with Crippen LogP contribution in [0, 0.1) is 0 Å². The number of nitrogens with zero attached hydrogens (tertiary/aromatic N) is 3. The lowest BCUT2D eigenvalue weighted by Gasteiger charge is -2.09. The molecule has 0 aliphatic rings. The number of sulfonamides is 1. The van der Waals surface area contributed by atoms with Crippen LogP contribution >= 0.6 is 27.3 Å². The Morgan fingerprint density at radius 2 is 2.24 bits per heavy atom. The van der Waals surface area contributed by atoms with Crippen molar-refractivity contribution in [3.8, 4) is 0 Å². The fraction of sp³-hybridized carbons (Fsp3) is 0. The van der Waals surface area contributed by atoms with Gasteiger partial charge >= 0.3 is 0 Å². The third-order valence-electron chi connectivity index (χ3n) is 2.63. The van der Waals surface area contributed by atoms with Gasteiger partial charge in [0.05, 0.1) is 10.2 Å². The number of pyridine rings is 1. The number of thiazole rings is 1. The number of imidazole rings is 1. The number of aromatic nitrogens is 3. The molecule has 4 N–H and O–H groups in total. The Labute approximate surface area is 132 Å². The molecule has 0 radical (unpaired) electrons. The van der Waals surface area contributed by atoms with E-state index in [1.807, 2.05) is 0 Å². The number of rotatable bonds is 4. The quantitative estimate of drug-likeness (QED) is 0.462. The van der Waals surface area contributed by atoms with E-state index in [9.17, 15) is 8.42 Å². The van der Waals surface area contributed by atoms with Crippen molar-refractivity contribution < 1.29 is 8.42 Å². The average Bonchev–Trinajstić information content (AvgIpc) is 3.00. The van der Waals surface area contributed by atoms with Gasteiger partial charge in [0.25, 0.3) is 10.0 Å². The topological polar surface area (TPSA) is 114 Å². The number of hydrazine groups is 1. The molecule has 3 aromatic heterocycles. The highest BCUT2D eigenvalue weighted by Gasteiger charge is 2.26. The molecule has 0 fully saturated rings. The van der Waals surface area contributed by atoms with Gasteiger partial charge in [-0.3, -0.25) is 14.1 Å². The second-order valence-corrected chi connectivity index (χ2v) is 7.25. The van der Waals surface area contributed by atoms with Crippen LogP contribution in [0.15, 0.2) is 39.5 Å². The number of hydrogen-bond donors (Lipinski definition) is 3. The summed E-state index contributed by atoms with van der Waals surface area (Å²) in [6, 6.07) is 1.54. The summed E-state index contributed by atoms with van der Waals surface area (Å²) in [5.41, 5.74) is 2.68. The molecular formula is C10H9BrN6O2S2. The fourth-order valence-corrected chi connectivity index (χ4v) is 4.35. The van der Waals surface area contributed by atoms with E-state index < -0.39 is 10.0 Å². The molecule has 0 aliphatic carbocycles. The Morgan fingerprint density at radius 3 is 2.95 bits per heavy atom. The first-order valence-corrected chi connectivity index (χ1v) is 8.73. The predicted molar refractivity (Wildman–Crippen MR) is 83.6 cm³/mol. The fourth-order valence-electron chi connectivity index (χ4n) is 1.77. The molecule has 0 aliphatic heterocycles. The van der Waals surface area contributed by atoms with Crippen molar-refractivity contribution in [2.45, 2.75) is 5.03 Å². The average molecular weight is 389 g/mol. The van der Waals surface area contributed by atoms with Crippen LogP contribution in [0.5, 0.6) is 0 Å². The monoisotopic (exact) mass is 388 g/mol. The summed E-state index contributed by atoms with van der Waals surface area (Å²) in [7, 11) is -3.87. The van der Waals surface area contributed by atoms with E-state index in [-0.39, 0.29) is 10.8 Å². The van der Waals surface area contributed by atoms with Gasteiger partial charge in [0, 0.05) is 24.0 Å². The van der Waals surface area contributed by atoms with E-state index in [0.29, 0.717) is 15.1 Å². The lowest BCUT2D eigenvalue weighted by molar-refractivity contribution is 0.597. The molecule has 3 aromatic rings. The third kappa shape index (κ3) is 2.48. The highest BCUT2D eigenvalue weighted by molar-refractivity contribution is 9.10. The van der Waals surface area contributed by atoms with E-state index in [0.717, 1.165) is 0 Å². The minimum Gasteiger partial charge on any atom is -0.306 e. The van der Waals surface area contributed by atoms with E-state index in [1.54, 1.807) is 17.6 Å². The van der Waals surface area contributed by atoms with Gasteiger partial charge in [-0.05, 0) is 22.0 Å². The van der Waals surface area contributed by atoms with Crippen molar-refractivity contribution in [1.82, 2.24) is 14.4 Å². The molecule has 0 unspecified atom stereocenters. The Morgan fingerprint density at radius 1 is 1.43 bits per heavy atom. The van der Waals surface area contributed by atoms with Crippen LogP contribution in [0.1, 0.15) is 0 Å². The SMILES string of the molecule is NNc1nc2sccn2c1S(=O)(=O)Nc1ccncc1Br. The molecule has 0 amide bonds. The maximum absolute atomic E-state index is 12.6. The summed E-state index contributed by atoms with van der Waals surface area (Å²) in [5.74, 6) is 5.44. The minimum absolute atomic E-state index is 0.0510. The molecule has 11 heteroatoms. The number of fused-ring (bicyclic) bond motifs is 1. The smallest absolute Gasteiger partial charge is 0.281 e. The molecule has 110 valence electrons. The summed E-state index contributed by atoms with van der Waals surface area (Å²) in [6.07, 6.45) is 4.60. The number of halogens is 1. The zero-order valence-corrected chi connectivity index (χ0v) is 13.5. The first-order chi connectivity index (χ1) is 10.0. The summed E-state index contributed by atoms with van der Waals surface area (Å²) in [6.45, 7) is 0. The summed E-state index contributed by atoms with van der Waals surface area (Å²) in [4.78, 5) is 8.53. The van der Waals surface area contributed by atoms with Crippen LogP contribution in [-0.4, -0.2) is 22.8 Å². The first kappa shape index (κ1) is 14.3. The van der Waals surface area contributed by atoms with Crippen LogP contribution in [0.4, 0.5) is 11.5 Å². The van der Waals surface area contributed by atoms with Gasteiger partial charge in [-0.15, -0.1) is 11.3 Å². The van der Waals surface area contributed by atoms with Crippen molar-refractivity contribution >= 4 is 53.8 Å². The molecule has 0 atom stereocenters. The molecule has 8 nitrogen and oxygen atoms in total. The number of nitrogens with one attached hydrogen (secondary N) is 2. The van der Waals surface area contributed by atoms with Crippen molar-refractivity contribution in [3.05, 3.63) is 34.5 Å². The van der Waals surface area contributed by atoms with E-state index in [4.69, 9.17) is 5.84 Å². The van der Waals surface area contributed by atoms with E-state index in [2.05, 4.69) is 36.0 Å². The third-order valence-corrected chi connectivity index (χ3v) is 5.40. The summed E-state index contributed by atoms with van der Waals surface area (Å²) >= 11 is 4.55. The van der Waals surface area contributed by atoms with E-state index in [1.165, 1.54) is 28.1 Å². The van der Waals surface area contributed by atoms with Crippen LogP contribution in [0.3, 0.4) is 0 Å². The van der Waals surface area contributed by atoms with Crippen LogP contribution in [0.25, 0.3) is 4.96 Å². The first-order valence-electron chi connectivity index (χ1n) is 5.57. The Kier molecular flexibility index (Phi) is 3.57. The number of nitrogen functional groups attached to an aromatic ring is 1. The lowest BCUT2D eigenvalue weighted by atomic mass is 10.4. The molecule has 21 heavy (non-hydrogen) atoms. The van der Waals surface area contributed by atoms with Crippen molar-refractivity contribution in [1.29, 1.82) is 0 Å². The van der Waals surface area contributed by atoms with Gasteiger partial charge in [0.15, 0.2) is 10.8 Å². The van der Waals surface area contributed by atoms with Crippen LogP contribution in [-0.2, 0) is 10.0 Å². The Hall–Kier alpha value is -1.69. The van der Waals surface area contributed by atoms with Gasteiger partial charge in [-0.1, -0.05) is 0 Å². The predicted octanol–water partition coefficient (Wildman–Crippen LogP) is 1.64. The molecule has 0 aromatic carbocycles. The molecule has 0 spiro atoms. The van der Waals surface area contributed by atoms with Gasteiger partial charge in [-0.25, -0.2) is 5.84 Å². The number of nitrogens with two attached hydrogens (primary N) is 1. The zero-order chi connectivity index (χ0) is 15.0.